The molecule has 0 aliphatic carbocycles. The lowest BCUT2D eigenvalue weighted by Crippen LogP contribution is -2.34. The highest BCUT2D eigenvalue weighted by atomic mass is 35.5. The van der Waals surface area contributed by atoms with Crippen LogP contribution < -0.4 is 5.32 Å². The molecule has 0 fully saturated rings. The quantitative estimate of drug-likeness (QED) is 0.611. The lowest BCUT2D eigenvalue weighted by molar-refractivity contribution is -0.122. The molecule has 6 heteroatoms. The number of hydrogen-bond acceptors (Lipinski definition) is 3. The number of carbonyl (C=O) groups is 1. The van der Waals surface area contributed by atoms with E-state index in [4.69, 9.17) is 11.6 Å². The van der Waals surface area contributed by atoms with Gasteiger partial charge < -0.3 is 5.32 Å². The van der Waals surface area contributed by atoms with Crippen LogP contribution in [0.2, 0.25) is 5.02 Å². The molecule has 0 saturated carbocycles. The van der Waals surface area contributed by atoms with Gasteiger partial charge in [0.15, 0.2) is 0 Å². The van der Waals surface area contributed by atoms with Crippen molar-refractivity contribution in [3.63, 3.8) is 0 Å². The number of aryl methyl sites for hydroxylation is 1. The molecule has 1 N–H and O–H groups in total. The van der Waals surface area contributed by atoms with Gasteiger partial charge in [0.2, 0.25) is 5.91 Å². The number of benzene rings is 2. The molecule has 1 heterocycles. The van der Waals surface area contributed by atoms with Crippen molar-refractivity contribution in [1.82, 2.24) is 20.0 Å². The van der Waals surface area contributed by atoms with E-state index in [9.17, 15) is 4.79 Å². The van der Waals surface area contributed by atoms with Gasteiger partial charge >= 0.3 is 0 Å². The highest BCUT2D eigenvalue weighted by molar-refractivity contribution is 6.31. The summed E-state index contributed by atoms with van der Waals surface area (Å²) in [5.41, 5.74) is 5.32. The van der Waals surface area contributed by atoms with Crippen LogP contribution in [0.15, 0.2) is 54.6 Å². The Labute approximate surface area is 177 Å². The smallest absolute Gasteiger partial charge is 0.234 e. The molecule has 3 rings (SSSR count). The molecule has 0 unspecified atom stereocenters. The second kappa shape index (κ2) is 9.72. The maximum atomic E-state index is 12.4. The Morgan fingerprint density at radius 1 is 1.10 bits per heavy atom. The van der Waals surface area contributed by atoms with Gasteiger partial charge in [0.1, 0.15) is 0 Å². The van der Waals surface area contributed by atoms with Crippen molar-refractivity contribution < 1.29 is 4.79 Å². The predicted octanol–water partition coefficient (Wildman–Crippen LogP) is 3.95. The second-order valence-electron chi connectivity index (χ2n) is 7.33. The number of hydrogen-bond donors (Lipinski definition) is 1. The van der Waals surface area contributed by atoms with Gasteiger partial charge in [0.05, 0.1) is 18.8 Å². The number of rotatable bonds is 8. The summed E-state index contributed by atoms with van der Waals surface area (Å²) in [5, 5.41) is 8.39. The van der Waals surface area contributed by atoms with Crippen LogP contribution in [0.3, 0.4) is 0 Å². The molecular formula is C23H27ClN4O. The largest absolute Gasteiger partial charge is 0.351 e. The highest BCUT2D eigenvalue weighted by Crippen LogP contribution is 2.17. The Balaban J connectivity index is 1.55. The van der Waals surface area contributed by atoms with E-state index in [-0.39, 0.29) is 5.91 Å². The van der Waals surface area contributed by atoms with Crippen LogP contribution in [-0.4, -0.2) is 34.2 Å². The Bertz CT molecular complexity index is 968. The molecule has 0 saturated heterocycles. The molecule has 0 bridgehead atoms. The fourth-order valence-electron chi connectivity index (χ4n) is 3.36. The van der Waals surface area contributed by atoms with Gasteiger partial charge in [-0.3, -0.25) is 14.4 Å². The third-order valence-electron chi connectivity index (χ3n) is 4.98. The standard InChI is InChI=1S/C23H27ClN4O/c1-17-21(18(2)28(26-17)14-19-9-5-4-6-10-19)13-25-23(29)16-27(3)15-20-11-7-8-12-22(20)24/h4-12H,13-16H2,1-3H3,(H,25,29). The maximum absolute atomic E-state index is 12.4. The molecule has 1 aromatic heterocycles. The second-order valence-corrected chi connectivity index (χ2v) is 7.74. The lowest BCUT2D eigenvalue weighted by Gasteiger charge is -2.17. The number of carbonyl (C=O) groups excluding carboxylic acids is 1. The first kappa shape index (κ1) is 21.1. The number of nitrogens with zero attached hydrogens (tertiary/aromatic N) is 3. The zero-order chi connectivity index (χ0) is 20.8. The van der Waals surface area contributed by atoms with Crippen molar-refractivity contribution in [1.29, 1.82) is 0 Å². The van der Waals surface area contributed by atoms with Gasteiger partial charge in [0.25, 0.3) is 0 Å². The molecule has 2 aromatic carbocycles. The summed E-state index contributed by atoms with van der Waals surface area (Å²) < 4.78 is 2.00. The minimum Gasteiger partial charge on any atom is -0.351 e. The Morgan fingerprint density at radius 2 is 1.79 bits per heavy atom. The van der Waals surface area contributed by atoms with Crippen LogP contribution in [0.25, 0.3) is 0 Å². The minimum absolute atomic E-state index is 0.0193. The van der Waals surface area contributed by atoms with Gasteiger partial charge in [0, 0.05) is 29.4 Å². The van der Waals surface area contributed by atoms with Crippen LogP contribution in [0.1, 0.15) is 28.1 Å². The first-order chi connectivity index (χ1) is 13.9. The van der Waals surface area contributed by atoms with Crippen molar-refractivity contribution in [2.24, 2.45) is 0 Å². The van der Waals surface area contributed by atoms with Crippen LogP contribution in [0.5, 0.6) is 0 Å². The van der Waals surface area contributed by atoms with E-state index in [2.05, 4.69) is 22.5 Å². The summed E-state index contributed by atoms with van der Waals surface area (Å²) in [6, 6.07) is 17.9. The summed E-state index contributed by atoms with van der Waals surface area (Å²) in [5.74, 6) is -0.0193. The van der Waals surface area contributed by atoms with Crippen LogP contribution in [-0.2, 0) is 24.4 Å². The van der Waals surface area contributed by atoms with Crippen molar-refractivity contribution in [3.8, 4) is 0 Å². The van der Waals surface area contributed by atoms with Gasteiger partial charge in [-0.2, -0.15) is 5.10 Å². The van der Waals surface area contributed by atoms with E-state index < -0.39 is 0 Å². The molecule has 5 nitrogen and oxygen atoms in total. The number of amides is 1. The summed E-state index contributed by atoms with van der Waals surface area (Å²) >= 11 is 6.20. The molecule has 1 amide bonds. The van der Waals surface area contributed by atoms with E-state index in [0.29, 0.717) is 19.6 Å². The number of halogens is 1. The summed E-state index contributed by atoms with van der Waals surface area (Å²) in [7, 11) is 1.91. The van der Waals surface area contributed by atoms with Crippen molar-refractivity contribution in [2.75, 3.05) is 13.6 Å². The van der Waals surface area contributed by atoms with Crippen molar-refractivity contribution in [3.05, 3.63) is 87.7 Å². The molecule has 0 aliphatic rings. The Hall–Kier alpha value is -2.63. The van der Waals surface area contributed by atoms with E-state index in [0.717, 1.165) is 34.1 Å². The van der Waals surface area contributed by atoms with E-state index in [1.807, 2.05) is 72.9 Å². The molecule has 0 atom stereocenters. The Morgan fingerprint density at radius 3 is 2.52 bits per heavy atom. The molecule has 0 spiro atoms. The average Bonchev–Trinajstić information content (AvgIpc) is 2.95. The van der Waals surface area contributed by atoms with Gasteiger partial charge in [-0.1, -0.05) is 60.1 Å². The molecular weight excluding hydrogens is 384 g/mol. The predicted molar refractivity (Wildman–Crippen MR) is 117 cm³/mol. The SMILES string of the molecule is Cc1nn(Cc2ccccc2)c(C)c1CNC(=O)CN(C)Cc1ccccc1Cl. The normalized spacial score (nSPS) is 11.1. The average molecular weight is 411 g/mol. The first-order valence-corrected chi connectivity index (χ1v) is 10.1. The summed E-state index contributed by atoms with van der Waals surface area (Å²) in [6.45, 7) is 6.17. The van der Waals surface area contributed by atoms with Crippen LogP contribution in [0.4, 0.5) is 0 Å². The van der Waals surface area contributed by atoms with Crippen molar-refractivity contribution in [2.45, 2.75) is 33.5 Å². The number of nitrogens with one attached hydrogen (secondary N) is 1. The van der Waals surface area contributed by atoms with Crippen molar-refractivity contribution >= 4 is 17.5 Å². The van der Waals surface area contributed by atoms with Gasteiger partial charge in [-0.15, -0.1) is 0 Å². The monoisotopic (exact) mass is 410 g/mol. The van der Waals surface area contributed by atoms with Crippen LogP contribution in [0, 0.1) is 13.8 Å². The fourth-order valence-corrected chi connectivity index (χ4v) is 3.56. The highest BCUT2D eigenvalue weighted by Gasteiger charge is 2.14. The van der Waals surface area contributed by atoms with E-state index in [1.54, 1.807) is 0 Å². The van der Waals surface area contributed by atoms with Gasteiger partial charge in [-0.25, -0.2) is 0 Å². The Kier molecular flexibility index (Phi) is 7.07. The lowest BCUT2D eigenvalue weighted by atomic mass is 10.2. The zero-order valence-corrected chi connectivity index (χ0v) is 17.9. The number of aromatic nitrogens is 2. The topological polar surface area (TPSA) is 50.2 Å². The minimum atomic E-state index is -0.0193. The first-order valence-electron chi connectivity index (χ1n) is 9.69. The third-order valence-corrected chi connectivity index (χ3v) is 5.35. The van der Waals surface area contributed by atoms with E-state index >= 15 is 0 Å². The fraction of sp³-hybridized carbons (Fsp3) is 0.304. The molecule has 0 aliphatic heterocycles. The summed E-state index contributed by atoms with van der Waals surface area (Å²) in [4.78, 5) is 14.4. The van der Waals surface area contributed by atoms with E-state index in [1.165, 1.54) is 5.56 Å². The van der Waals surface area contributed by atoms with Crippen LogP contribution >= 0.6 is 11.6 Å². The number of likely N-dealkylation sites (N-methyl/N-ethyl adjacent to an activating group) is 1. The molecule has 3 aromatic rings. The maximum Gasteiger partial charge on any atom is 0.234 e. The zero-order valence-electron chi connectivity index (χ0n) is 17.2. The molecule has 152 valence electrons. The summed E-state index contributed by atoms with van der Waals surface area (Å²) in [6.07, 6.45) is 0. The molecule has 0 radical (unpaired) electrons. The molecule has 29 heavy (non-hydrogen) atoms. The third kappa shape index (κ3) is 5.68. The van der Waals surface area contributed by atoms with Gasteiger partial charge in [-0.05, 0) is 38.1 Å².